The van der Waals surface area contributed by atoms with Crippen LogP contribution in [0.4, 0.5) is 11.4 Å². The number of aromatic nitrogens is 2. The van der Waals surface area contributed by atoms with Crippen molar-refractivity contribution in [3.63, 3.8) is 0 Å². The van der Waals surface area contributed by atoms with E-state index in [0.717, 1.165) is 0 Å². The fourth-order valence-corrected chi connectivity index (χ4v) is 2.36. The largest absolute Gasteiger partial charge is 0.486 e. The number of hydrogen-bond donors (Lipinski definition) is 1. The molecule has 0 aliphatic carbocycles. The van der Waals surface area contributed by atoms with Crippen molar-refractivity contribution in [2.45, 2.75) is 19.9 Å². The first kappa shape index (κ1) is 15.8. The van der Waals surface area contributed by atoms with Crippen LogP contribution in [0.1, 0.15) is 12.1 Å². The molecule has 0 atom stereocenters. The topological polar surface area (TPSA) is 109 Å². The lowest BCUT2D eigenvalue weighted by Gasteiger charge is -2.19. The number of rotatable bonds is 5. The minimum Gasteiger partial charge on any atom is -0.486 e. The smallest absolute Gasteiger partial charge is 0.309 e. The molecule has 0 radical (unpaired) electrons. The highest BCUT2D eigenvalue weighted by Gasteiger charge is 2.16. The number of fused-ring (bicyclic) bond motifs is 1. The minimum atomic E-state index is -0.492. The van der Waals surface area contributed by atoms with Gasteiger partial charge < -0.3 is 14.8 Å². The van der Waals surface area contributed by atoms with Crippen molar-refractivity contribution in [1.82, 2.24) is 9.78 Å². The van der Waals surface area contributed by atoms with Crippen LogP contribution in [0.5, 0.6) is 11.5 Å². The van der Waals surface area contributed by atoms with E-state index in [1.165, 1.54) is 10.9 Å². The zero-order valence-corrected chi connectivity index (χ0v) is 13.0. The molecule has 9 nitrogen and oxygen atoms in total. The lowest BCUT2D eigenvalue weighted by atomic mass is 10.2. The molecule has 0 fully saturated rings. The maximum Gasteiger partial charge on any atom is 0.309 e. The Kier molecular flexibility index (Phi) is 4.32. The minimum absolute atomic E-state index is 0.0535. The van der Waals surface area contributed by atoms with Crippen LogP contribution >= 0.6 is 0 Å². The van der Waals surface area contributed by atoms with E-state index < -0.39 is 4.92 Å². The quantitative estimate of drug-likeness (QED) is 0.661. The first-order chi connectivity index (χ1) is 11.5. The maximum atomic E-state index is 12.0. The van der Waals surface area contributed by atoms with E-state index >= 15 is 0 Å². The van der Waals surface area contributed by atoms with Gasteiger partial charge in [-0.1, -0.05) is 0 Å². The number of nitro groups is 1. The Morgan fingerprint density at radius 1 is 1.38 bits per heavy atom. The maximum absolute atomic E-state index is 12.0. The van der Waals surface area contributed by atoms with Gasteiger partial charge in [-0.25, -0.2) is 0 Å². The number of carbonyl (C=O) groups is 1. The van der Waals surface area contributed by atoms with Crippen molar-refractivity contribution >= 4 is 17.3 Å². The summed E-state index contributed by atoms with van der Waals surface area (Å²) in [5.74, 6) is 1.03. The molecule has 1 aliphatic heterocycles. The zero-order chi connectivity index (χ0) is 17.1. The van der Waals surface area contributed by atoms with E-state index in [1.807, 2.05) is 0 Å². The molecule has 1 aliphatic rings. The van der Waals surface area contributed by atoms with E-state index in [9.17, 15) is 14.9 Å². The number of nitrogens with zero attached hydrogens (tertiary/aromatic N) is 3. The summed E-state index contributed by atoms with van der Waals surface area (Å²) >= 11 is 0. The van der Waals surface area contributed by atoms with Crippen molar-refractivity contribution in [2.75, 3.05) is 18.5 Å². The van der Waals surface area contributed by atoms with Crippen LogP contribution in [0.2, 0.25) is 0 Å². The summed E-state index contributed by atoms with van der Waals surface area (Å²) in [4.78, 5) is 22.3. The van der Waals surface area contributed by atoms with Gasteiger partial charge in [0.25, 0.3) is 0 Å². The Bertz CT molecular complexity index is 786. The summed E-state index contributed by atoms with van der Waals surface area (Å²) < 4.78 is 12.3. The number of anilines is 1. The summed E-state index contributed by atoms with van der Waals surface area (Å²) in [6.45, 7) is 2.80. The van der Waals surface area contributed by atoms with Gasteiger partial charge in [-0.2, -0.15) is 5.10 Å². The molecule has 1 aromatic heterocycles. The third-order valence-electron chi connectivity index (χ3n) is 3.51. The fraction of sp³-hybridized carbons (Fsp3) is 0.333. The number of benzene rings is 1. The van der Waals surface area contributed by atoms with Crippen molar-refractivity contribution in [3.8, 4) is 11.5 Å². The lowest BCUT2D eigenvalue weighted by Crippen LogP contribution is -2.17. The molecule has 0 saturated heterocycles. The third kappa shape index (κ3) is 3.45. The molecule has 1 N–H and O–H groups in total. The van der Waals surface area contributed by atoms with Gasteiger partial charge in [0, 0.05) is 24.7 Å². The first-order valence-electron chi connectivity index (χ1n) is 7.41. The van der Waals surface area contributed by atoms with Crippen molar-refractivity contribution in [3.05, 3.63) is 40.2 Å². The van der Waals surface area contributed by atoms with E-state index in [2.05, 4.69) is 10.4 Å². The molecule has 24 heavy (non-hydrogen) atoms. The number of aryl methyl sites for hydroxylation is 2. The van der Waals surface area contributed by atoms with Gasteiger partial charge >= 0.3 is 5.69 Å². The zero-order valence-electron chi connectivity index (χ0n) is 13.0. The van der Waals surface area contributed by atoms with Gasteiger partial charge in [0.1, 0.15) is 25.1 Å². The molecule has 3 rings (SSSR count). The predicted octanol–water partition coefficient (Wildman–Crippen LogP) is 1.90. The third-order valence-corrected chi connectivity index (χ3v) is 3.51. The number of carbonyl (C=O) groups excluding carboxylic acids is 1. The highest BCUT2D eigenvalue weighted by atomic mass is 16.6. The molecule has 2 heterocycles. The highest BCUT2D eigenvalue weighted by molar-refractivity contribution is 5.91. The van der Waals surface area contributed by atoms with Gasteiger partial charge in [0.2, 0.25) is 5.91 Å². The van der Waals surface area contributed by atoms with Crippen LogP contribution in [0.15, 0.2) is 24.4 Å². The van der Waals surface area contributed by atoms with E-state index in [0.29, 0.717) is 36.1 Å². The molecule has 126 valence electrons. The summed E-state index contributed by atoms with van der Waals surface area (Å²) in [5, 5.41) is 17.6. The fourth-order valence-electron chi connectivity index (χ4n) is 2.36. The second kappa shape index (κ2) is 6.57. The summed E-state index contributed by atoms with van der Waals surface area (Å²) in [5.41, 5.74) is 0.876. The molecule has 9 heteroatoms. The normalized spacial score (nSPS) is 12.7. The van der Waals surface area contributed by atoms with Gasteiger partial charge in [-0.15, -0.1) is 0 Å². The van der Waals surface area contributed by atoms with Crippen molar-refractivity contribution < 1.29 is 19.2 Å². The molecule has 1 amide bonds. The van der Waals surface area contributed by atoms with Gasteiger partial charge in [0.05, 0.1) is 4.92 Å². The van der Waals surface area contributed by atoms with E-state index in [1.54, 1.807) is 25.1 Å². The van der Waals surface area contributed by atoms with Crippen LogP contribution in [-0.4, -0.2) is 33.8 Å². The first-order valence-corrected chi connectivity index (χ1v) is 7.41. The summed E-state index contributed by atoms with van der Waals surface area (Å²) in [6, 6.07) is 5.17. The molecular formula is C15H16N4O5. The van der Waals surface area contributed by atoms with Gasteiger partial charge in [0.15, 0.2) is 11.5 Å². The Morgan fingerprint density at radius 2 is 2.12 bits per heavy atom. The monoisotopic (exact) mass is 332 g/mol. The van der Waals surface area contributed by atoms with Crippen LogP contribution < -0.4 is 14.8 Å². The molecule has 0 unspecified atom stereocenters. The molecular weight excluding hydrogens is 316 g/mol. The summed E-state index contributed by atoms with van der Waals surface area (Å²) in [6.07, 6.45) is 1.47. The van der Waals surface area contributed by atoms with Crippen LogP contribution in [0.25, 0.3) is 0 Å². The molecule has 0 saturated carbocycles. The molecule has 1 aromatic carbocycles. The second-order valence-corrected chi connectivity index (χ2v) is 5.28. The average molecular weight is 332 g/mol. The van der Waals surface area contributed by atoms with Crippen molar-refractivity contribution in [1.29, 1.82) is 0 Å². The van der Waals surface area contributed by atoms with Gasteiger partial charge in [-0.05, 0) is 19.1 Å². The Morgan fingerprint density at radius 3 is 2.83 bits per heavy atom. The van der Waals surface area contributed by atoms with Gasteiger partial charge in [-0.3, -0.25) is 19.6 Å². The van der Waals surface area contributed by atoms with Crippen LogP contribution in [0.3, 0.4) is 0 Å². The highest BCUT2D eigenvalue weighted by Crippen LogP contribution is 2.32. The predicted molar refractivity (Wildman–Crippen MR) is 84.3 cm³/mol. The molecule has 2 aromatic rings. The van der Waals surface area contributed by atoms with E-state index in [4.69, 9.17) is 9.47 Å². The Hall–Kier alpha value is -3.10. The number of hydrogen-bond acceptors (Lipinski definition) is 6. The molecule has 0 bridgehead atoms. The lowest BCUT2D eigenvalue weighted by molar-refractivity contribution is -0.385. The second-order valence-electron chi connectivity index (χ2n) is 5.28. The Labute approximate surface area is 137 Å². The number of nitrogens with one attached hydrogen (secondary N) is 1. The number of ether oxygens (including phenoxy) is 2. The average Bonchev–Trinajstić information content (AvgIpc) is 2.94. The van der Waals surface area contributed by atoms with Crippen LogP contribution in [0, 0.1) is 17.0 Å². The molecule has 0 spiro atoms. The van der Waals surface area contributed by atoms with Crippen molar-refractivity contribution in [2.24, 2.45) is 0 Å². The van der Waals surface area contributed by atoms with Crippen LogP contribution in [-0.2, 0) is 11.3 Å². The standard InChI is InChI=1S/C15H16N4O5/c1-10-12(19(21)22)9-18(17-10)5-4-15(20)16-11-2-3-13-14(8-11)24-7-6-23-13/h2-3,8-9H,4-7H2,1H3,(H,16,20). The van der Waals surface area contributed by atoms with E-state index in [-0.39, 0.29) is 24.6 Å². The Balaban J connectivity index is 1.58. The SMILES string of the molecule is Cc1nn(CCC(=O)Nc2ccc3c(c2)OCCO3)cc1[N+](=O)[O-]. The summed E-state index contributed by atoms with van der Waals surface area (Å²) in [7, 11) is 0. The number of amides is 1.